The van der Waals surface area contributed by atoms with E-state index in [-0.39, 0.29) is 0 Å². The largest absolute Gasteiger partial charge is 0.480 e. The third kappa shape index (κ3) is 4.84. The van der Waals surface area contributed by atoms with E-state index in [1.807, 2.05) is 6.08 Å². The van der Waals surface area contributed by atoms with Crippen LogP contribution in [-0.4, -0.2) is 41.7 Å². The van der Waals surface area contributed by atoms with Gasteiger partial charge in [-0.05, 0) is 25.3 Å². The molecule has 0 bridgehead atoms. The molecule has 0 saturated carbocycles. The number of rotatable bonds is 5. The van der Waals surface area contributed by atoms with E-state index in [1.54, 1.807) is 13.0 Å². The number of carbonyl (C=O) groups is 2. The zero-order chi connectivity index (χ0) is 14.6. The van der Waals surface area contributed by atoms with Crippen LogP contribution in [0.1, 0.15) is 19.8 Å². The molecule has 0 aromatic rings. The number of amides is 1. The van der Waals surface area contributed by atoms with Gasteiger partial charge in [0.15, 0.2) is 0 Å². The smallest absolute Gasteiger partial charge is 0.327 e. The Balaban J connectivity index is 2.80. The van der Waals surface area contributed by atoms with Crippen LogP contribution in [0.15, 0.2) is 23.3 Å². The van der Waals surface area contributed by atoms with Crippen molar-refractivity contribution in [2.24, 2.45) is 0 Å². The van der Waals surface area contributed by atoms with Crippen molar-refractivity contribution in [2.45, 2.75) is 25.8 Å². The van der Waals surface area contributed by atoms with Crippen molar-refractivity contribution in [3.63, 3.8) is 0 Å². The molecule has 1 aliphatic carbocycles. The molecule has 0 fully saturated rings. The van der Waals surface area contributed by atoms with Crippen LogP contribution in [0.4, 0.5) is 0 Å². The quantitative estimate of drug-likeness (QED) is 0.618. The van der Waals surface area contributed by atoms with Crippen LogP contribution in [0, 0.1) is 0 Å². The monoisotopic (exact) mass is 289 g/mol. The Morgan fingerprint density at radius 3 is 2.42 bits per heavy atom. The molecular formula is C11H15NO6S. The molecule has 7 nitrogen and oxygen atoms in total. The lowest BCUT2D eigenvalue weighted by Crippen LogP contribution is -2.46. The Morgan fingerprint density at radius 2 is 1.95 bits per heavy atom. The number of hydrogen-bond donors (Lipinski definition) is 3. The molecule has 0 aromatic heterocycles. The van der Waals surface area contributed by atoms with Gasteiger partial charge in [-0.25, -0.2) is 4.79 Å². The summed E-state index contributed by atoms with van der Waals surface area (Å²) < 4.78 is 30.0. The fourth-order valence-corrected chi connectivity index (χ4v) is 2.34. The summed E-state index contributed by atoms with van der Waals surface area (Å²) in [4.78, 5) is 22.7. The van der Waals surface area contributed by atoms with Crippen molar-refractivity contribution < 1.29 is 27.7 Å². The van der Waals surface area contributed by atoms with Crippen molar-refractivity contribution in [3.8, 4) is 0 Å². The average molecular weight is 289 g/mol. The SMILES string of the molecule is CC1=CCCC=C1C(=O)NC(CS(=O)(=O)O)C(=O)O. The van der Waals surface area contributed by atoms with E-state index < -0.39 is 33.8 Å². The molecule has 0 spiro atoms. The summed E-state index contributed by atoms with van der Waals surface area (Å²) in [6.07, 6.45) is 4.97. The van der Waals surface area contributed by atoms with Gasteiger partial charge in [0, 0.05) is 5.57 Å². The zero-order valence-electron chi connectivity index (χ0n) is 10.3. The molecule has 0 heterocycles. The number of hydrogen-bond acceptors (Lipinski definition) is 4. The van der Waals surface area contributed by atoms with Crippen molar-refractivity contribution in [3.05, 3.63) is 23.3 Å². The van der Waals surface area contributed by atoms with Gasteiger partial charge in [0.2, 0.25) is 0 Å². The molecule has 0 radical (unpaired) electrons. The first-order valence-corrected chi connectivity index (χ1v) is 7.18. The lowest BCUT2D eigenvalue weighted by molar-refractivity contribution is -0.140. The fraction of sp³-hybridized carbons (Fsp3) is 0.455. The molecule has 0 aromatic carbocycles. The molecule has 1 aliphatic rings. The molecule has 1 rings (SSSR count). The van der Waals surface area contributed by atoms with E-state index in [9.17, 15) is 18.0 Å². The van der Waals surface area contributed by atoms with Crippen molar-refractivity contribution in [2.75, 3.05) is 5.75 Å². The second-order valence-electron chi connectivity index (χ2n) is 4.20. The van der Waals surface area contributed by atoms with E-state index in [4.69, 9.17) is 9.66 Å². The minimum atomic E-state index is -4.49. The summed E-state index contributed by atoms with van der Waals surface area (Å²) in [7, 11) is -4.49. The Labute approximate surface area is 110 Å². The van der Waals surface area contributed by atoms with Crippen LogP contribution < -0.4 is 5.32 Å². The first kappa shape index (κ1) is 15.4. The number of carboxylic acids is 1. The molecule has 1 unspecified atom stereocenters. The molecule has 8 heteroatoms. The normalized spacial score (nSPS) is 17.2. The highest BCUT2D eigenvalue weighted by Crippen LogP contribution is 2.18. The molecule has 1 atom stereocenters. The molecule has 106 valence electrons. The predicted octanol–water partition coefficient (Wildman–Crippen LogP) is 0.110. The van der Waals surface area contributed by atoms with Gasteiger partial charge in [0.05, 0.1) is 0 Å². The maximum Gasteiger partial charge on any atom is 0.327 e. The lowest BCUT2D eigenvalue weighted by Gasteiger charge is -2.16. The van der Waals surface area contributed by atoms with E-state index >= 15 is 0 Å². The fourth-order valence-electron chi connectivity index (χ4n) is 1.69. The number of aliphatic carboxylic acids is 1. The first-order valence-electron chi connectivity index (χ1n) is 5.57. The van der Waals surface area contributed by atoms with Gasteiger partial charge in [0.1, 0.15) is 11.8 Å². The highest BCUT2D eigenvalue weighted by atomic mass is 32.2. The third-order valence-electron chi connectivity index (χ3n) is 2.62. The van der Waals surface area contributed by atoms with Crippen LogP contribution in [0.2, 0.25) is 0 Å². The standard InChI is InChI=1S/C11H15NO6S/c1-7-4-2-3-5-8(7)10(13)12-9(11(14)15)6-19(16,17)18/h4-5,9H,2-3,6H2,1H3,(H,12,13)(H,14,15)(H,16,17,18). The summed E-state index contributed by atoms with van der Waals surface area (Å²) in [6.45, 7) is 1.71. The maximum atomic E-state index is 11.8. The molecular weight excluding hydrogens is 274 g/mol. The number of carbonyl (C=O) groups excluding carboxylic acids is 1. The van der Waals surface area contributed by atoms with E-state index in [2.05, 4.69) is 5.32 Å². The molecule has 1 amide bonds. The third-order valence-corrected chi connectivity index (χ3v) is 3.37. The highest BCUT2D eigenvalue weighted by Gasteiger charge is 2.27. The summed E-state index contributed by atoms with van der Waals surface area (Å²) in [5.74, 6) is -3.25. The lowest BCUT2D eigenvalue weighted by atomic mass is 9.98. The van der Waals surface area contributed by atoms with Crippen LogP contribution in [0.3, 0.4) is 0 Å². The molecule has 0 saturated heterocycles. The highest BCUT2D eigenvalue weighted by molar-refractivity contribution is 7.85. The topological polar surface area (TPSA) is 121 Å². The van der Waals surface area contributed by atoms with Crippen LogP contribution in [0.25, 0.3) is 0 Å². The van der Waals surface area contributed by atoms with Crippen LogP contribution in [0.5, 0.6) is 0 Å². The van der Waals surface area contributed by atoms with Crippen molar-refractivity contribution in [1.82, 2.24) is 5.32 Å². The Bertz CT molecular complexity index is 546. The second-order valence-corrected chi connectivity index (χ2v) is 5.69. The summed E-state index contributed by atoms with van der Waals surface area (Å²) in [6, 6.07) is -1.68. The van der Waals surface area contributed by atoms with E-state index in [1.165, 1.54) is 0 Å². The minimum Gasteiger partial charge on any atom is -0.480 e. The Hall–Kier alpha value is -1.67. The number of nitrogens with one attached hydrogen (secondary N) is 1. The molecule has 0 aliphatic heterocycles. The van der Waals surface area contributed by atoms with Gasteiger partial charge in [-0.1, -0.05) is 12.2 Å². The van der Waals surface area contributed by atoms with Gasteiger partial charge in [0.25, 0.3) is 16.0 Å². The van der Waals surface area contributed by atoms with Gasteiger partial charge in [-0.3, -0.25) is 9.35 Å². The van der Waals surface area contributed by atoms with Crippen LogP contribution in [-0.2, 0) is 19.7 Å². The first-order chi connectivity index (χ1) is 8.70. The van der Waals surface area contributed by atoms with Gasteiger partial charge in [-0.15, -0.1) is 0 Å². The Morgan fingerprint density at radius 1 is 1.37 bits per heavy atom. The Kier molecular flexibility index (Phi) is 4.84. The minimum absolute atomic E-state index is 0.327. The van der Waals surface area contributed by atoms with Crippen LogP contribution >= 0.6 is 0 Å². The van der Waals surface area contributed by atoms with Crippen molar-refractivity contribution in [1.29, 1.82) is 0 Å². The van der Waals surface area contributed by atoms with Gasteiger partial charge < -0.3 is 10.4 Å². The zero-order valence-corrected chi connectivity index (χ0v) is 11.1. The van der Waals surface area contributed by atoms with Crippen molar-refractivity contribution >= 4 is 22.0 Å². The van der Waals surface area contributed by atoms with Gasteiger partial charge >= 0.3 is 5.97 Å². The molecule has 19 heavy (non-hydrogen) atoms. The van der Waals surface area contributed by atoms with E-state index in [0.717, 1.165) is 6.42 Å². The number of carboxylic acid groups (broad SMARTS) is 1. The predicted molar refractivity (Wildman–Crippen MR) is 67.1 cm³/mol. The summed E-state index contributed by atoms with van der Waals surface area (Å²) in [5.41, 5.74) is 1.03. The summed E-state index contributed by atoms with van der Waals surface area (Å²) in [5, 5.41) is 10.9. The summed E-state index contributed by atoms with van der Waals surface area (Å²) >= 11 is 0. The molecule has 3 N–H and O–H groups in total. The number of allylic oxidation sites excluding steroid dienone is 2. The van der Waals surface area contributed by atoms with E-state index in [0.29, 0.717) is 17.6 Å². The van der Waals surface area contributed by atoms with Gasteiger partial charge in [-0.2, -0.15) is 8.42 Å². The second kappa shape index (κ2) is 5.98. The average Bonchev–Trinajstić information content (AvgIpc) is 2.26. The maximum absolute atomic E-state index is 11.8.